The summed E-state index contributed by atoms with van der Waals surface area (Å²) >= 11 is 9.67. The Balaban J connectivity index is 2.39. The van der Waals surface area contributed by atoms with Gasteiger partial charge in [0.15, 0.2) is 0 Å². The Morgan fingerprint density at radius 2 is 1.76 bits per heavy atom. The van der Waals surface area contributed by atoms with Crippen molar-refractivity contribution in [3.05, 3.63) is 69.4 Å². The van der Waals surface area contributed by atoms with Gasteiger partial charge < -0.3 is 0 Å². The normalized spacial score (nSPS) is 12.5. The van der Waals surface area contributed by atoms with Crippen LogP contribution in [-0.2, 0) is 0 Å². The lowest BCUT2D eigenvalue weighted by molar-refractivity contribution is 0.612. The molecule has 2 aromatic rings. The van der Waals surface area contributed by atoms with E-state index >= 15 is 0 Å². The monoisotopic (exact) mass is 312 g/mol. The highest BCUT2D eigenvalue weighted by molar-refractivity contribution is 9.10. The van der Waals surface area contributed by atoms with Crippen LogP contribution in [0.25, 0.3) is 0 Å². The van der Waals surface area contributed by atoms with Gasteiger partial charge in [0.25, 0.3) is 0 Å². The molecule has 0 saturated heterocycles. The van der Waals surface area contributed by atoms with Gasteiger partial charge in [-0.05, 0) is 30.7 Å². The molecule has 0 aliphatic heterocycles. The topological polar surface area (TPSA) is 0 Å². The van der Waals surface area contributed by atoms with Crippen molar-refractivity contribution in [2.45, 2.75) is 12.3 Å². The van der Waals surface area contributed by atoms with Crippen molar-refractivity contribution in [2.24, 2.45) is 0 Å². The third-order valence-electron chi connectivity index (χ3n) is 2.59. The molecule has 0 radical (unpaired) electrons. The van der Waals surface area contributed by atoms with E-state index in [4.69, 9.17) is 11.6 Å². The predicted molar refractivity (Wildman–Crippen MR) is 73.0 cm³/mol. The standard InChI is InChI=1S/C14H11BrClF/c1-9-2-7-13(17)12(8-9)14(16)10-3-5-11(15)6-4-10/h2-8,14H,1H3. The molecule has 0 heterocycles. The average Bonchev–Trinajstić information content (AvgIpc) is 2.32. The SMILES string of the molecule is Cc1ccc(F)c(C(Cl)c2ccc(Br)cc2)c1. The fourth-order valence-electron chi connectivity index (χ4n) is 1.67. The Morgan fingerprint density at radius 1 is 1.12 bits per heavy atom. The van der Waals surface area contributed by atoms with Gasteiger partial charge in [0, 0.05) is 10.0 Å². The highest BCUT2D eigenvalue weighted by Gasteiger charge is 2.15. The molecule has 0 N–H and O–H groups in total. The number of rotatable bonds is 2. The summed E-state index contributed by atoms with van der Waals surface area (Å²) in [7, 11) is 0. The summed E-state index contributed by atoms with van der Waals surface area (Å²) in [6.07, 6.45) is 0. The van der Waals surface area contributed by atoms with Gasteiger partial charge in [-0.1, -0.05) is 45.8 Å². The number of alkyl halides is 1. The number of aryl methyl sites for hydroxylation is 1. The first kappa shape index (κ1) is 12.6. The van der Waals surface area contributed by atoms with Crippen LogP contribution in [0.5, 0.6) is 0 Å². The summed E-state index contributed by atoms with van der Waals surface area (Å²) in [6, 6.07) is 12.6. The van der Waals surface area contributed by atoms with E-state index in [-0.39, 0.29) is 5.82 Å². The maximum atomic E-state index is 13.7. The first-order valence-corrected chi connectivity index (χ1v) is 6.46. The van der Waals surface area contributed by atoms with Gasteiger partial charge in [-0.15, -0.1) is 11.6 Å². The second-order valence-electron chi connectivity index (χ2n) is 3.94. The van der Waals surface area contributed by atoms with Crippen LogP contribution in [0.3, 0.4) is 0 Å². The third-order valence-corrected chi connectivity index (χ3v) is 3.60. The van der Waals surface area contributed by atoms with Gasteiger partial charge in [0.2, 0.25) is 0 Å². The maximum Gasteiger partial charge on any atom is 0.128 e. The Morgan fingerprint density at radius 3 is 2.41 bits per heavy atom. The lowest BCUT2D eigenvalue weighted by Crippen LogP contribution is -1.97. The zero-order chi connectivity index (χ0) is 12.4. The van der Waals surface area contributed by atoms with Crippen molar-refractivity contribution in [1.82, 2.24) is 0 Å². The van der Waals surface area contributed by atoms with E-state index in [2.05, 4.69) is 15.9 Å². The smallest absolute Gasteiger partial charge is 0.128 e. The number of halogens is 3. The van der Waals surface area contributed by atoms with Crippen LogP contribution >= 0.6 is 27.5 Å². The largest absolute Gasteiger partial charge is 0.207 e. The van der Waals surface area contributed by atoms with Gasteiger partial charge in [0.1, 0.15) is 5.82 Å². The van der Waals surface area contributed by atoms with Crippen LogP contribution in [0.2, 0.25) is 0 Å². The number of benzene rings is 2. The molecule has 0 spiro atoms. The van der Waals surface area contributed by atoms with Crippen molar-refractivity contribution in [3.8, 4) is 0 Å². The van der Waals surface area contributed by atoms with E-state index in [0.717, 1.165) is 15.6 Å². The second-order valence-corrected chi connectivity index (χ2v) is 5.29. The van der Waals surface area contributed by atoms with Gasteiger partial charge in [0.05, 0.1) is 5.38 Å². The highest BCUT2D eigenvalue weighted by atomic mass is 79.9. The molecule has 88 valence electrons. The molecule has 0 amide bonds. The Hall–Kier alpha value is -0.860. The molecule has 2 aromatic carbocycles. The van der Waals surface area contributed by atoms with E-state index in [1.54, 1.807) is 12.1 Å². The van der Waals surface area contributed by atoms with Crippen molar-refractivity contribution in [3.63, 3.8) is 0 Å². The summed E-state index contributed by atoms with van der Waals surface area (Å²) in [5, 5.41) is -0.456. The minimum Gasteiger partial charge on any atom is -0.207 e. The fraction of sp³-hybridized carbons (Fsp3) is 0.143. The summed E-state index contributed by atoms with van der Waals surface area (Å²) in [5.41, 5.74) is 2.41. The molecule has 0 nitrogen and oxygen atoms in total. The Bertz CT molecular complexity index is 522. The van der Waals surface area contributed by atoms with Crippen LogP contribution in [0.4, 0.5) is 4.39 Å². The van der Waals surface area contributed by atoms with Crippen molar-refractivity contribution in [1.29, 1.82) is 0 Å². The van der Waals surface area contributed by atoms with Gasteiger partial charge >= 0.3 is 0 Å². The zero-order valence-corrected chi connectivity index (χ0v) is 11.6. The predicted octanol–water partition coefficient (Wildman–Crippen LogP) is 5.22. The van der Waals surface area contributed by atoms with Gasteiger partial charge in [-0.25, -0.2) is 4.39 Å². The van der Waals surface area contributed by atoms with Crippen molar-refractivity contribution >= 4 is 27.5 Å². The minimum atomic E-state index is -0.456. The van der Waals surface area contributed by atoms with Crippen LogP contribution in [-0.4, -0.2) is 0 Å². The lowest BCUT2D eigenvalue weighted by Gasteiger charge is -2.12. The van der Waals surface area contributed by atoms with E-state index in [9.17, 15) is 4.39 Å². The number of hydrogen-bond acceptors (Lipinski definition) is 0. The van der Waals surface area contributed by atoms with E-state index in [0.29, 0.717) is 5.56 Å². The van der Waals surface area contributed by atoms with E-state index < -0.39 is 5.38 Å². The molecule has 0 aliphatic carbocycles. The molecule has 3 heteroatoms. The van der Waals surface area contributed by atoms with Gasteiger partial charge in [-0.3, -0.25) is 0 Å². The molecule has 17 heavy (non-hydrogen) atoms. The summed E-state index contributed by atoms with van der Waals surface area (Å²) < 4.78 is 14.7. The van der Waals surface area contributed by atoms with Crippen molar-refractivity contribution in [2.75, 3.05) is 0 Å². The first-order valence-electron chi connectivity index (χ1n) is 5.23. The van der Waals surface area contributed by atoms with Crippen molar-refractivity contribution < 1.29 is 4.39 Å². The fourth-order valence-corrected chi connectivity index (χ4v) is 2.25. The third kappa shape index (κ3) is 2.88. The molecule has 1 unspecified atom stereocenters. The van der Waals surface area contributed by atoms with Crippen LogP contribution in [0.1, 0.15) is 22.1 Å². The molecular weight excluding hydrogens is 303 g/mol. The van der Waals surface area contributed by atoms with Crippen LogP contribution in [0, 0.1) is 12.7 Å². The molecule has 0 bridgehead atoms. The lowest BCUT2D eigenvalue weighted by atomic mass is 10.0. The quantitative estimate of drug-likeness (QED) is 0.666. The van der Waals surface area contributed by atoms with E-state index in [1.165, 1.54) is 6.07 Å². The Kier molecular flexibility index (Phi) is 3.85. The highest BCUT2D eigenvalue weighted by Crippen LogP contribution is 2.31. The zero-order valence-electron chi connectivity index (χ0n) is 9.25. The average molecular weight is 314 g/mol. The van der Waals surface area contributed by atoms with Gasteiger partial charge in [-0.2, -0.15) is 0 Å². The molecule has 0 aromatic heterocycles. The van der Waals surface area contributed by atoms with Crippen LogP contribution in [0.15, 0.2) is 46.9 Å². The summed E-state index contributed by atoms with van der Waals surface area (Å²) in [5.74, 6) is -0.265. The molecule has 2 rings (SSSR count). The van der Waals surface area contributed by atoms with E-state index in [1.807, 2.05) is 31.2 Å². The first-order chi connectivity index (χ1) is 8.08. The summed E-state index contributed by atoms with van der Waals surface area (Å²) in [4.78, 5) is 0. The molecular formula is C14H11BrClF. The molecule has 1 atom stereocenters. The molecule has 0 fully saturated rings. The molecule has 0 saturated carbocycles. The Labute approximate surface area is 114 Å². The number of hydrogen-bond donors (Lipinski definition) is 0. The second kappa shape index (κ2) is 5.19. The van der Waals surface area contributed by atoms with Crippen LogP contribution < -0.4 is 0 Å². The summed E-state index contributed by atoms with van der Waals surface area (Å²) in [6.45, 7) is 1.92. The molecule has 0 aliphatic rings. The minimum absolute atomic E-state index is 0.265. The maximum absolute atomic E-state index is 13.7.